The third-order valence-electron chi connectivity index (χ3n) is 5.78. The minimum atomic E-state index is -4.37. The standard InChI is InChI=1S/C14H15F3N2S.C11H9F3O/c1-3-11-8-12(14(15,16)17)10-13(9-11)20-19-6-4-18(2)5-7-19;12-11(13,14)9-3-1-7(2-4-9)10-5-8(10)6-15/h1,8-10H,4-7H2,2H3;1-4,6,8,10H,5H2. The summed E-state index contributed by atoms with van der Waals surface area (Å²) in [5.41, 5.74) is -0.254. The van der Waals surface area contributed by atoms with Crippen LogP contribution in [0.5, 0.6) is 0 Å². The number of piperazine rings is 1. The lowest BCUT2D eigenvalue weighted by molar-refractivity contribution is -0.138. The Kier molecular flexibility index (Phi) is 8.57. The molecule has 2 fully saturated rings. The highest BCUT2D eigenvalue weighted by Gasteiger charge is 2.38. The maximum Gasteiger partial charge on any atom is 0.416 e. The van der Waals surface area contributed by atoms with Crippen LogP contribution in [0.1, 0.15) is 34.6 Å². The van der Waals surface area contributed by atoms with Crippen molar-refractivity contribution in [3.63, 3.8) is 0 Å². The first-order valence-corrected chi connectivity index (χ1v) is 11.6. The van der Waals surface area contributed by atoms with Gasteiger partial charge >= 0.3 is 12.4 Å². The van der Waals surface area contributed by atoms with Gasteiger partial charge in [0.15, 0.2) is 0 Å². The number of likely N-dealkylation sites (N-methyl/N-ethyl adjacent to an activating group) is 1. The van der Waals surface area contributed by atoms with Crippen molar-refractivity contribution in [3.8, 4) is 12.3 Å². The molecule has 0 aromatic heterocycles. The molecular formula is C25H24F6N2OS. The lowest BCUT2D eigenvalue weighted by Gasteiger charge is -2.31. The summed E-state index contributed by atoms with van der Waals surface area (Å²) in [6.07, 6.45) is -1.80. The van der Waals surface area contributed by atoms with Gasteiger partial charge in [0.2, 0.25) is 0 Å². The molecule has 2 aromatic carbocycles. The van der Waals surface area contributed by atoms with E-state index in [0.29, 0.717) is 4.90 Å². The largest absolute Gasteiger partial charge is 0.416 e. The second kappa shape index (κ2) is 11.1. The monoisotopic (exact) mass is 514 g/mol. The Hall–Kier alpha value is -2.48. The first kappa shape index (κ1) is 27.1. The molecule has 4 rings (SSSR count). The van der Waals surface area contributed by atoms with E-state index >= 15 is 0 Å². The van der Waals surface area contributed by atoms with Crippen molar-refractivity contribution >= 4 is 18.2 Å². The van der Waals surface area contributed by atoms with Gasteiger partial charge in [-0.3, -0.25) is 0 Å². The zero-order valence-corrected chi connectivity index (χ0v) is 19.7. The van der Waals surface area contributed by atoms with Gasteiger partial charge < -0.3 is 9.69 Å². The number of terminal acetylenes is 1. The molecule has 1 aliphatic heterocycles. The molecule has 0 N–H and O–H groups in total. The maximum atomic E-state index is 12.8. The Labute approximate surface area is 204 Å². The van der Waals surface area contributed by atoms with Gasteiger partial charge in [-0.2, -0.15) is 26.3 Å². The van der Waals surface area contributed by atoms with Crippen LogP contribution in [0.15, 0.2) is 47.4 Å². The lowest BCUT2D eigenvalue weighted by atomic mass is 10.1. The Balaban J connectivity index is 0.000000203. The number of alkyl halides is 6. The number of nitrogens with zero attached hydrogens (tertiary/aromatic N) is 2. The van der Waals surface area contributed by atoms with Gasteiger partial charge in [0.25, 0.3) is 0 Å². The summed E-state index contributed by atoms with van der Waals surface area (Å²) in [5.74, 6) is 2.42. The summed E-state index contributed by atoms with van der Waals surface area (Å²) in [7, 11) is 2.03. The minimum absolute atomic E-state index is 0.00161. The zero-order chi connectivity index (χ0) is 25.8. The van der Waals surface area contributed by atoms with Crippen LogP contribution in [0.3, 0.4) is 0 Å². The van der Waals surface area contributed by atoms with Crippen LogP contribution in [0.4, 0.5) is 26.3 Å². The molecular weight excluding hydrogens is 490 g/mol. The first-order valence-electron chi connectivity index (χ1n) is 10.8. The molecule has 35 heavy (non-hydrogen) atoms. The van der Waals surface area contributed by atoms with Crippen LogP contribution in [0.2, 0.25) is 0 Å². The molecule has 1 heterocycles. The molecule has 1 saturated carbocycles. The van der Waals surface area contributed by atoms with Crippen molar-refractivity contribution in [1.29, 1.82) is 0 Å². The quantitative estimate of drug-likeness (QED) is 0.218. The van der Waals surface area contributed by atoms with Crippen molar-refractivity contribution in [3.05, 3.63) is 64.7 Å². The van der Waals surface area contributed by atoms with E-state index in [-0.39, 0.29) is 17.4 Å². The summed E-state index contributed by atoms with van der Waals surface area (Å²) in [6.45, 7) is 3.47. The number of hydrogen-bond donors (Lipinski definition) is 0. The van der Waals surface area contributed by atoms with Crippen molar-refractivity contribution in [2.45, 2.75) is 29.6 Å². The van der Waals surface area contributed by atoms with Crippen molar-refractivity contribution in [1.82, 2.24) is 9.21 Å². The topological polar surface area (TPSA) is 23.6 Å². The van der Waals surface area contributed by atoms with Gasteiger partial charge in [-0.15, -0.1) is 6.42 Å². The fourth-order valence-corrected chi connectivity index (χ4v) is 4.60. The summed E-state index contributed by atoms with van der Waals surface area (Å²) in [5, 5.41) is 0. The highest BCUT2D eigenvalue weighted by atomic mass is 32.2. The van der Waals surface area contributed by atoms with Gasteiger partial charge in [0, 0.05) is 42.6 Å². The second-order valence-electron chi connectivity index (χ2n) is 8.47. The number of carbonyl (C=O) groups is 1. The third kappa shape index (κ3) is 7.75. The van der Waals surface area contributed by atoms with E-state index in [1.54, 1.807) is 6.07 Å². The molecule has 188 valence electrons. The van der Waals surface area contributed by atoms with Crippen molar-refractivity contribution in [2.75, 3.05) is 33.2 Å². The highest BCUT2D eigenvalue weighted by molar-refractivity contribution is 7.97. The molecule has 0 radical (unpaired) electrons. The zero-order valence-electron chi connectivity index (χ0n) is 18.9. The van der Waals surface area contributed by atoms with E-state index in [4.69, 9.17) is 6.42 Å². The number of benzene rings is 2. The average Bonchev–Trinajstić information content (AvgIpc) is 3.60. The number of halogens is 6. The van der Waals surface area contributed by atoms with Crippen LogP contribution in [-0.2, 0) is 17.1 Å². The summed E-state index contributed by atoms with van der Waals surface area (Å²) in [6, 6.07) is 8.83. The Morgan fingerprint density at radius 1 is 0.943 bits per heavy atom. The van der Waals surface area contributed by atoms with Crippen molar-refractivity contribution < 1.29 is 31.1 Å². The minimum Gasteiger partial charge on any atom is -0.304 e. The van der Waals surface area contributed by atoms with Crippen molar-refractivity contribution in [2.24, 2.45) is 5.92 Å². The summed E-state index contributed by atoms with van der Waals surface area (Å²) in [4.78, 5) is 13.1. The first-order chi connectivity index (χ1) is 16.4. The van der Waals surface area contributed by atoms with Gasteiger partial charge in [-0.1, -0.05) is 18.1 Å². The summed E-state index contributed by atoms with van der Waals surface area (Å²) < 4.78 is 77.2. The molecule has 3 nitrogen and oxygen atoms in total. The van der Waals surface area contributed by atoms with Crippen LogP contribution >= 0.6 is 11.9 Å². The third-order valence-corrected chi connectivity index (χ3v) is 6.85. The van der Waals surface area contributed by atoms with E-state index in [1.807, 2.05) is 7.05 Å². The van der Waals surface area contributed by atoms with Gasteiger partial charge in [-0.25, -0.2) is 4.31 Å². The van der Waals surface area contributed by atoms with Crippen LogP contribution in [0, 0.1) is 18.3 Å². The van der Waals surface area contributed by atoms with Gasteiger partial charge in [0.1, 0.15) is 6.29 Å². The molecule has 10 heteroatoms. The normalized spacial score (nSPS) is 21.0. The molecule has 0 bridgehead atoms. The molecule has 1 aliphatic carbocycles. The van der Waals surface area contributed by atoms with E-state index in [1.165, 1.54) is 24.1 Å². The summed E-state index contributed by atoms with van der Waals surface area (Å²) >= 11 is 1.34. The molecule has 2 aliphatic rings. The molecule has 2 unspecified atom stereocenters. The molecule has 0 amide bonds. The van der Waals surface area contributed by atoms with E-state index in [2.05, 4.69) is 15.1 Å². The Morgan fingerprint density at radius 3 is 2.03 bits per heavy atom. The van der Waals surface area contributed by atoms with Crippen LogP contribution in [0.25, 0.3) is 0 Å². The van der Waals surface area contributed by atoms with Gasteiger partial charge in [0.05, 0.1) is 11.1 Å². The van der Waals surface area contributed by atoms with Gasteiger partial charge in [-0.05, 0) is 67.2 Å². The van der Waals surface area contributed by atoms with Crippen LogP contribution in [-0.4, -0.2) is 48.7 Å². The van der Waals surface area contributed by atoms with E-state index in [9.17, 15) is 31.1 Å². The molecule has 0 spiro atoms. The van der Waals surface area contributed by atoms with Crippen LogP contribution < -0.4 is 0 Å². The molecule has 2 atom stereocenters. The second-order valence-corrected chi connectivity index (χ2v) is 9.64. The molecule has 2 aromatic rings. The SMILES string of the molecule is C#Cc1cc(SN2CCN(C)CC2)cc(C(F)(F)F)c1.O=CC1CC1c1ccc(C(F)(F)F)cc1. The fraction of sp³-hybridized carbons (Fsp3) is 0.400. The predicted octanol–water partition coefficient (Wildman–Crippen LogP) is 5.95. The Bertz CT molecular complexity index is 1050. The average molecular weight is 515 g/mol. The highest BCUT2D eigenvalue weighted by Crippen LogP contribution is 2.46. The molecule has 1 saturated heterocycles. The smallest absolute Gasteiger partial charge is 0.304 e. The maximum absolute atomic E-state index is 12.8. The number of rotatable bonds is 4. The number of aldehydes is 1. The Morgan fingerprint density at radius 2 is 1.54 bits per heavy atom. The predicted molar refractivity (Wildman–Crippen MR) is 123 cm³/mol. The lowest BCUT2D eigenvalue weighted by Crippen LogP contribution is -2.40. The number of hydrogen-bond acceptors (Lipinski definition) is 4. The van der Waals surface area contributed by atoms with E-state index in [0.717, 1.165) is 68.7 Å². The fourth-order valence-electron chi connectivity index (χ4n) is 3.59. The van der Waals surface area contributed by atoms with E-state index < -0.39 is 23.5 Å². The number of carbonyl (C=O) groups excluding carboxylic acids is 1.